The van der Waals surface area contributed by atoms with Crippen LogP contribution in [0.5, 0.6) is 17.2 Å². The number of halogens is 15. The number of piperazine rings is 3. The van der Waals surface area contributed by atoms with E-state index in [1.54, 1.807) is 77.2 Å². The summed E-state index contributed by atoms with van der Waals surface area (Å²) < 4.78 is 64.1. The molecule has 3 fully saturated rings. The molecule has 42 heteroatoms. The summed E-state index contributed by atoms with van der Waals surface area (Å²) in [5.74, 6) is -8.82. The van der Waals surface area contributed by atoms with Crippen LogP contribution in [-0.4, -0.2) is 170 Å². The third-order valence-corrected chi connectivity index (χ3v) is 26.7. The predicted molar refractivity (Wildman–Crippen MR) is 519 cm³/mol. The Labute approximate surface area is 823 Å². The summed E-state index contributed by atoms with van der Waals surface area (Å²) in [6.07, 6.45) is 8.51. The highest BCUT2D eigenvalue weighted by Gasteiger charge is 2.38. The van der Waals surface area contributed by atoms with E-state index in [-0.39, 0.29) is 161 Å². The van der Waals surface area contributed by atoms with E-state index in [9.17, 15) is 73.0 Å². The molecule has 3 aromatic carbocycles. The van der Waals surface area contributed by atoms with Crippen molar-refractivity contribution in [3.05, 3.63) is 253 Å². The molecule has 0 aliphatic carbocycles. The van der Waals surface area contributed by atoms with Gasteiger partial charge in [-0.1, -0.05) is 189 Å². The summed E-state index contributed by atoms with van der Waals surface area (Å²) in [5.41, 5.74) is 1.19. The minimum atomic E-state index is -1.37. The Balaban J connectivity index is 0.000000171. The third-order valence-electron chi connectivity index (χ3n) is 23.0. The summed E-state index contributed by atoms with van der Waals surface area (Å²) in [4.78, 5) is 118. The number of benzene rings is 3. The van der Waals surface area contributed by atoms with E-state index in [1.807, 2.05) is 57.4 Å². The summed E-state index contributed by atoms with van der Waals surface area (Å²) in [6.45, 7) is 30.9. The molecule has 15 rings (SSSR count). The van der Waals surface area contributed by atoms with Crippen LogP contribution < -0.4 is 31.4 Å². The number of carbonyl (C=O) groups excluding carboxylic acids is 3. The molecule has 0 spiro atoms. The lowest BCUT2D eigenvalue weighted by Gasteiger charge is -2.36. The van der Waals surface area contributed by atoms with Gasteiger partial charge in [0, 0.05) is 124 Å². The van der Waals surface area contributed by atoms with Gasteiger partial charge in [0.1, 0.15) is 66.9 Å². The Morgan fingerprint density at radius 2 is 0.622 bits per heavy atom. The van der Waals surface area contributed by atoms with Crippen molar-refractivity contribution < 1.29 is 47.3 Å². The van der Waals surface area contributed by atoms with E-state index in [0.717, 1.165) is 0 Å². The van der Waals surface area contributed by atoms with E-state index >= 15 is 4.39 Å². The second-order valence-electron chi connectivity index (χ2n) is 32.0. The van der Waals surface area contributed by atoms with Crippen molar-refractivity contribution in [3.63, 3.8) is 0 Å². The van der Waals surface area contributed by atoms with Crippen LogP contribution in [0.15, 0.2) is 107 Å². The van der Waals surface area contributed by atoms with Crippen molar-refractivity contribution in [3.8, 4) is 86.3 Å². The number of amides is 3. The fourth-order valence-corrected chi connectivity index (χ4v) is 19.4. The maximum atomic E-state index is 15.5. The quantitative estimate of drug-likeness (QED) is 0.0371. The SMILES string of the molecule is C=CC(=O)N1CCN(c2c(C#N)c(=O)n(-c3c(C)ccnc3C(C)C)c3nc(-c4c(Cl)c(O)c(Cl)c(F)c4Cl)c(Cl)cc23)CC1.C=CC(=O)N1CCN(c2c(C#N)c(=O)n(-c3c(C)ccnc3C(C)C)c3nc(-c4c(Cl)c(O)c(Cl)c(F)c4Cl)c(Cl)cc23)CC1.C=CC(=O)N1CCN(c2c(C#N)c(=O)n(-c3c(C)ccnc3C(C)C)c3nc(-c4c(F)c(O)c(Cl)c(F)c4Cl)c(Cl)cc23)CC1. The van der Waals surface area contributed by atoms with Gasteiger partial charge in [0.05, 0.1) is 114 Å². The van der Waals surface area contributed by atoms with Crippen LogP contribution in [0.1, 0.15) is 110 Å². The predicted octanol–water partition coefficient (Wildman–Crippen LogP) is 20.6. The highest BCUT2D eigenvalue weighted by molar-refractivity contribution is 6.46. The lowest BCUT2D eigenvalue weighted by molar-refractivity contribution is -0.127. The first-order chi connectivity index (χ1) is 64.0. The molecule has 9 aromatic heterocycles. The van der Waals surface area contributed by atoms with Gasteiger partial charge in [-0.15, -0.1) is 0 Å². The fraction of sp³-hybridized carbons (Fsp3) is 0.258. The Morgan fingerprint density at radius 3 is 0.867 bits per heavy atom. The van der Waals surface area contributed by atoms with Gasteiger partial charge in [0.25, 0.3) is 16.7 Å². The van der Waals surface area contributed by atoms with Crippen LogP contribution in [0, 0.1) is 78.0 Å². The standard InChI is InChI=1S/2C31H25Cl4FN6O3.C31H25Cl3F2N6O3/c2*1-5-19(43)40-8-10-41(11-9-40)28-16-12-18(32)26(20-21(33)24(36)23(35)29(44)22(20)34)39-30(16)42(31(45)17(28)13-37)27-15(4)6-7-38-25(27)14(2)3;1-5-19(43)40-8-10-41(11-9-40)28-16-12-18(32)26(20-21(33)24(36)22(34)29(44)23(20)35)39-30(16)42(31(45)17(28)13-37)27-15(4)6-7-38-25(27)14(2)3/h3*5-7,12,14,44H,1,8-11H2,2-4H3. The molecule has 0 radical (unpaired) electrons. The molecule has 3 aliphatic heterocycles. The van der Waals surface area contributed by atoms with Gasteiger partial charge in [-0.2, -0.15) is 15.8 Å². The average molecular weight is 2050 g/mol. The molecule has 12 aromatic rings. The number of aromatic nitrogens is 9. The number of anilines is 3. The lowest BCUT2D eigenvalue weighted by atomic mass is 10.0. The van der Waals surface area contributed by atoms with Crippen LogP contribution in [0.4, 0.5) is 34.6 Å². The van der Waals surface area contributed by atoms with E-state index < -0.39 is 103 Å². The van der Waals surface area contributed by atoms with E-state index in [4.69, 9.17) is 138 Å². The normalized spacial score (nSPS) is 13.4. The summed E-state index contributed by atoms with van der Waals surface area (Å²) in [6, 6.07) is 15.7. The number of fused-ring (bicyclic) bond motifs is 3. The zero-order valence-electron chi connectivity index (χ0n) is 72.8. The molecule has 12 heterocycles. The number of hydrogen-bond acceptors (Lipinski definition) is 21. The number of phenols is 3. The maximum Gasteiger partial charge on any atom is 0.276 e. The molecule has 3 aliphatic rings. The molecule has 3 saturated heterocycles. The Morgan fingerprint density at radius 1 is 0.378 bits per heavy atom. The van der Waals surface area contributed by atoms with Crippen molar-refractivity contribution >= 4 is 195 Å². The van der Waals surface area contributed by atoms with Gasteiger partial charge in [-0.3, -0.25) is 57.4 Å². The number of rotatable bonds is 15. The molecule has 696 valence electrons. The first-order valence-corrected chi connectivity index (χ1v) is 45.3. The maximum absolute atomic E-state index is 15.5. The van der Waals surface area contributed by atoms with Gasteiger partial charge in [-0.05, 0) is 110 Å². The molecular weight excluding hydrogens is 1980 g/mol. The monoisotopic (exact) mass is 2050 g/mol. The Hall–Kier alpha value is -12.0. The smallest absolute Gasteiger partial charge is 0.276 e. The number of hydrogen-bond donors (Lipinski definition) is 3. The molecule has 3 N–H and O–H groups in total. The van der Waals surface area contributed by atoms with Gasteiger partial charge >= 0.3 is 0 Å². The van der Waals surface area contributed by atoms with Gasteiger partial charge in [-0.25, -0.2) is 32.5 Å². The third kappa shape index (κ3) is 18.0. The molecule has 0 saturated carbocycles. The van der Waals surface area contributed by atoms with Crippen molar-refractivity contribution in [1.29, 1.82) is 15.8 Å². The Bertz CT molecular complexity index is 6650. The van der Waals surface area contributed by atoms with Crippen LogP contribution in [0.2, 0.25) is 55.2 Å². The molecule has 0 bridgehead atoms. The number of aromatic hydroxyl groups is 3. The number of carbonyl (C=O) groups is 3. The van der Waals surface area contributed by atoms with Crippen molar-refractivity contribution in [2.45, 2.75) is 80.1 Å². The molecule has 27 nitrogen and oxygen atoms in total. The average Bonchev–Trinajstić information content (AvgIpc) is 0.728. The summed E-state index contributed by atoms with van der Waals surface area (Å²) in [7, 11) is 0. The van der Waals surface area contributed by atoms with Crippen molar-refractivity contribution in [2.24, 2.45) is 0 Å². The summed E-state index contributed by atoms with van der Waals surface area (Å²) in [5, 5.41) is 57.9. The molecule has 0 unspecified atom stereocenters. The van der Waals surface area contributed by atoms with E-state index in [0.29, 0.717) is 114 Å². The zero-order valence-corrected chi connectivity index (χ0v) is 81.1. The number of pyridine rings is 9. The molecule has 0 atom stereocenters. The Kier molecular flexibility index (Phi) is 30.1. The molecular formula is C93H75Cl11F4N18O9. The minimum absolute atomic E-state index is 0.0537. The minimum Gasteiger partial charge on any atom is -0.505 e. The van der Waals surface area contributed by atoms with Crippen LogP contribution >= 0.6 is 128 Å². The zero-order chi connectivity index (χ0) is 98.7. The number of phenolic OH excluding ortho intramolecular Hbond substituents is 3. The van der Waals surface area contributed by atoms with Crippen molar-refractivity contribution in [1.82, 2.24) is 58.3 Å². The van der Waals surface area contributed by atoms with Gasteiger partial charge in [0.15, 0.2) is 40.5 Å². The first kappa shape index (κ1) is 100. The number of aryl methyl sites for hydroxylation is 3. The first-order valence-electron chi connectivity index (χ1n) is 41.1. The van der Waals surface area contributed by atoms with Crippen molar-refractivity contribution in [2.75, 3.05) is 93.2 Å². The fourth-order valence-electron chi connectivity index (χ4n) is 16.4. The summed E-state index contributed by atoms with van der Waals surface area (Å²) >= 11 is 69.4. The highest BCUT2D eigenvalue weighted by atomic mass is 35.5. The number of nitrogens with zero attached hydrogens (tertiary/aromatic N) is 18. The van der Waals surface area contributed by atoms with Gasteiger partial charge in [0.2, 0.25) is 17.7 Å². The molecule has 135 heavy (non-hydrogen) atoms. The van der Waals surface area contributed by atoms with Crippen LogP contribution in [-0.2, 0) is 14.4 Å². The second kappa shape index (κ2) is 40.5. The topological polar surface area (TPSA) is 346 Å². The second-order valence-corrected chi connectivity index (χ2v) is 36.3. The van der Waals surface area contributed by atoms with E-state index in [2.05, 4.69) is 51.8 Å². The molecule has 3 amide bonds. The van der Waals surface area contributed by atoms with E-state index in [1.165, 1.54) is 50.1 Å². The van der Waals surface area contributed by atoms with Gasteiger partial charge < -0.3 is 44.7 Å². The van der Waals surface area contributed by atoms with Crippen LogP contribution in [0.25, 0.3) is 83.9 Å². The number of nitriles is 3. The largest absolute Gasteiger partial charge is 0.505 e. The lowest BCUT2D eigenvalue weighted by Crippen LogP contribution is -2.49. The van der Waals surface area contributed by atoms with Crippen LogP contribution in [0.3, 0.4) is 0 Å². The highest BCUT2D eigenvalue weighted by Crippen LogP contribution is 2.53.